The van der Waals surface area contributed by atoms with Crippen molar-refractivity contribution in [3.63, 3.8) is 0 Å². The van der Waals surface area contributed by atoms with E-state index in [9.17, 15) is 4.79 Å². The van der Waals surface area contributed by atoms with Crippen LogP contribution in [0.5, 0.6) is 5.75 Å². The second kappa shape index (κ2) is 7.87. The van der Waals surface area contributed by atoms with Gasteiger partial charge < -0.3 is 4.74 Å². The molecule has 0 saturated carbocycles. The fraction of sp³-hybridized carbons (Fsp3) is 0.0769. The molecule has 0 fully saturated rings. The van der Waals surface area contributed by atoms with Crippen LogP contribution in [0.4, 0.5) is 0 Å². The average Bonchev–Trinajstić information content (AvgIpc) is 2.46. The normalized spacial score (nSPS) is 10.3. The Balaban J connectivity index is 2.08. The number of halogens is 3. The number of ether oxygens (including phenoxy) is 1. The lowest BCUT2D eigenvalue weighted by Gasteiger charge is -2.11. The first-order chi connectivity index (χ1) is 10.0. The Morgan fingerprint density at radius 1 is 1.24 bits per heavy atom. The van der Waals surface area contributed by atoms with Gasteiger partial charge in [0.2, 0.25) is 0 Å². The molecule has 1 aromatic heterocycles. The lowest BCUT2D eigenvalue weighted by atomic mass is 10.2. The van der Waals surface area contributed by atoms with Crippen LogP contribution in [0.25, 0.3) is 0 Å². The molecular weight excluding hydrogens is 611 g/mol. The quantitative estimate of drug-likeness (QED) is 0.239. The molecule has 1 aromatic carbocycles. The fourth-order valence-corrected chi connectivity index (χ4v) is 5.43. The molecule has 21 heavy (non-hydrogen) atoms. The van der Waals surface area contributed by atoms with Gasteiger partial charge in [0.15, 0.2) is 0 Å². The fourth-order valence-electron chi connectivity index (χ4n) is 1.54. The zero-order valence-corrected chi connectivity index (χ0v) is 17.0. The summed E-state index contributed by atoms with van der Waals surface area (Å²) in [5.41, 5.74) is 3.23. The van der Waals surface area contributed by atoms with Crippen molar-refractivity contribution in [3.05, 3.63) is 52.4 Å². The molecular formula is C13H10I3N3O2. The highest BCUT2D eigenvalue weighted by molar-refractivity contribution is 14.1. The standard InChI is InChI=1S/C13H10I3N3O2/c14-8-3-10(15)12(11(16)4-8)21-6-9-2-1-7(5-18-9)13(20)19-17/h1-5H,6,17H2,(H,19,20). The zero-order chi connectivity index (χ0) is 15.4. The third kappa shape index (κ3) is 4.63. The minimum absolute atomic E-state index is 0.344. The highest BCUT2D eigenvalue weighted by Crippen LogP contribution is 2.30. The first-order valence-corrected chi connectivity index (χ1v) is 8.98. The van der Waals surface area contributed by atoms with Crippen molar-refractivity contribution in [2.24, 2.45) is 5.84 Å². The number of hydrogen-bond acceptors (Lipinski definition) is 4. The van der Waals surface area contributed by atoms with E-state index in [-0.39, 0.29) is 5.91 Å². The Hall–Kier alpha value is -0.210. The first-order valence-electron chi connectivity index (χ1n) is 5.74. The maximum absolute atomic E-state index is 11.3. The monoisotopic (exact) mass is 621 g/mol. The van der Waals surface area contributed by atoms with Crippen molar-refractivity contribution < 1.29 is 9.53 Å². The molecule has 1 heterocycles. The first kappa shape index (κ1) is 17.1. The molecule has 0 atom stereocenters. The number of rotatable bonds is 4. The van der Waals surface area contributed by atoms with E-state index < -0.39 is 0 Å². The summed E-state index contributed by atoms with van der Waals surface area (Å²) in [6.45, 7) is 0.344. The molecule has 3 N–H and O–H groups in total. The Morgan fingerprint density at radius 3 is 2.43 bits per heavy atom. The Kier molecular flexibility index (Phi) is 6.43. The summed E-state index contributed by atoms with van der Waals surface area (Å²) >= 11 is 6.78. The van der Waals surface area contributed by atoms with Crippen LogP contribution in [0.1, 0.15) is 16.1 Å². The number of hydrazine groups is 1. The molecule has 0 unspecified atom stereocenters. The van der Waals surface area contributed by atoms with E-state index in [2.05, 4.69) is 90.3 Å². The third-order valence-electron chi connectivity index (χ3n) is 2.55. The van der Waals surface area contributed by atoms with Crippen LogP contribution < -0.4 is 16.0 Å². The second-order valence-electron chi connectivity index (χ2n) is 4.00. The van der Waals surface area contributed by atoms with Crippen molar-refractivity contribution in [2.75, 3.05) is 0 Å². The number of carbonyl (C=O) groups is 1. The SMILES string of the molecule is NNC(=O)c1ccc(COc2c(I)cc(I)cc2I)nc1. The van der Waals surface area contributed by atoms with Gasteiger partial charge in [-0.1, -0.05) is 0 Å². The van der Waals surface area contributed by atoms with Gasteiger partial charge in [-0.05, 0) is 92.0 Å². The maximum Gasteiger partial charge on any atom is 0.266 e. The lowest BCUT2D eigenvalue weighted by Crippen LogP contribution is -2.30. The third-order valence-corrected chi connectivity index (χ3v) is 4.77. The predicted octanol–water partition coefficient (Wildman–Crippen LogP) is 3.08. The van der Waals surface area contributed by atoms with Crippen LogP contribution in [0.3, 0.4) is 0 Å². The summed E-state index contributed by atoms with van der Waals surface area (Å²) in [4.78, 5) is 15.5. The van der Waals surface area contributed by atoms with Crippen LogP contribution in [0.2, 0.25) is 0 Å². The van der Waals surface area contributed by atoms with Gasteiger partial charge >= 0.3 is 0 Å². The molecule has 2 aromatic rings. The van der Waals surface area contributed by atoms with E-state index in [1.54, 1.807) is 12.1 Å². The van der Waals surface area contributed by atoms with Crippen LogP contribution in [0, 0.1) is 10.7 Å². The van der Waals surface area contributed by atoms with Crippen molar-refractivity contribution in [3.8, 4) is 5.75 Å². The zero-order valence-electron chi connectivity index (χ0n) is 10.6. The number of pyridine rings is 1. The smallest absolute Gasteiger partial charge is 0.266 e. The Labute approximate surface area is 162 Å². The molecule has 0 aliphatic rings. The predicted molar refractivity (Wildman–Crippen MR) is 105 cm³/mol. The number of amides is 1. The van der Waals surface area contributed by atoms with Gasteiger partial charge in [0, 0.05) is 9.77 Å². The van der Waals surface area contributed by atoms with E-state index in [1.165, 1.54) is 9.77 Å². The van der Waals surface area contributed by atoms with Gasteiger partial charge in [-0.2, -0.15) is 0 Å². The van der Waals surface area contributed by atoms with Gasteiger partial charge in [0.05, 0.1) is 18.4 Å². The summed E-state index contributed by atoms with van der Waals surface area (Å²) in [7, 11) is 0. The summed E-state index contributed by atoms with van der Waals surface area (Å²) in [6, 6.07) is 7.52. The summed E-state index contributed by atoms with van der Waals surface area (Å²) in [6.07, 6.45) is 1.48. The number of hydrogen-bond donors (Lipinski definition) is 2. The molecule has 0 aliphatic heterocycles. The number of carbonyl (C=O) groups excluding carboxylic acids is 1. The average molecular weight is 621 g/mol. The van der Waals surface area contributed by atoms with E-state index in [1.807, 2.05) is 0 Å². The number of nitrogens with zero attached hydrogens (tertiary/aromatic N) is 1. The maximum atomic E-state index is 11.3. The van der Waals surface area contributed by atoms with Crippen LogP contribution in [0.15, 0.2) is 30.5 Å². The molecule has 0 bridgehead atoms. The van der Waals surface area contributed by atoms with Crippen molar-refractivity contribution in [1.82, 2.24) is 10.4 Å². The van der Waals surface area contributed by atoms with Gasteiger partial charge in [0.1, 0.15) is 12.4 Å². The van der Waals surface area contributed by atoms with Crippen LogP contribution in [-0.4, -0.2) is 10.9 Å². The van der Waals surface area contributed by atoms with Crippen molar-refractivity contribution in [1.29, 1.82) is 0 Å². The van der Waals surface area contributed by atoms with Gasteiger partial charge in [-0.25, -0.2) is 5.84 Å². The molecule has 1 amide bonds. The van der Waals surface area contributed by atoms with Gasteiger partial charge in [-0.15, -0.1) is 0 Å². The molecule has 0 radical (unpaired) electrons. The summed E-state index contributed by atoms with van der Waals surface area (Å²) < 4.78 is 9.12. The molecule has 8 heteroatoms. The Bertz CT molecular complexity index is 639. The number of nitrogen functional groups attached to an aromatic ring is 1. The summed E-state index contributed by atoms with van der Waals surface area (Å²) in [5, 5.41) is 0. The topological polar surface area (TPSA) is 77.2 Å². The van der Waals surface area contributed by atoms with Crippen LogP contribution >= 0.6 is 67.8 Å². The highest BCUT2D eigenvalue weighted by Gasteiger charge is 2.09. The number of benzene rings is 1. The van der Waals surface area contributed by atoms with E-state index in [0.717, 1.165) is 18.6 Å². The Morgan fingerprint density at radius 2 is 1.90 bits per heavy atom. The van der Waals surface area contributed by atoms with Crippen molar-refractivity contribution in [2.45, 2.75) is 6.61 Å². The largest absolute Gasteiger partial charge is 0.485 e. The highest BCUT2D eigenvalue weighted by atomic mass is 127. The number of nitrogens with two attached hydrogens (primary N) is 1. The molecule has 5 nitrogen and oxygen atoms in total. The second-order valence-corrected chi connectivity index (χ2v) is 7.57. The number of nitrogens with one attached hydrogen (secondary N) is 1. The molecule has 0 saturated heterocycles. The van der Waals surface area contributed by atoms with Crippen molar-refractivity contribution >= 4 is 73.7 Å². The van der Waals surface area contributed by atoms with Gasteiger partial charge in [-0.3, -0.25) is 15.2 Å². The summed E-state index contributed by atoms with van der Waals surface area (Å²) in [5.74, 6) is 5.55. The van der Waals surface area contributed by atoms with Crippen LogP contribution in [-0.2, 0) is 6.61 Å². The van der Waals surface area contributed by atoms with E-state index in [0.29, 0.717) is 12.2 Å². The molecule has 110 valence electrons. The molecule has 2 rings (SSSR count). The lowest BCUT2D eigenvalue weighted by molar-refractivity contribution is 0.0953. The van der Waals surface area contributed by atoms with E-state index in [4.69, 9.17) is 10.6 Å². The van der Waals surface area contributed by atoms with E-state index >= 15 is 0 Å². The molecule has 0 aliphatic carbocycles. The number of aromatic nitrogens is 1. The minimum Gasteiger partial charge on any atom is -0.485 e. The minimum atomic E-state index is -0.364. The van der Waals surface area contributed by atoms with Gasteiger partial charge in [0.25, 0.3) is 5.91 Å². The molecule has 0 spiro atoms.